The lowest BCUT2D eigenvalue weighted by Gasteiger charge is -2.34. The molecule has 0 spiro atoms. The standard InChI is InChI=1S/C27H32N4O3/c1-19-7-9-21(10-8-19)31-24-6-4-5-23(24)26(28-31)27(32)30-15-13-29(14-16-30)18-20-17-22(33-2)11-12-25(20)34-3/h7-12,17H,4-6,13-16,18H2,1-3H3. The number of amides is 1. The topological polar surface area (TPSA) is 59.8 Å². The summed E-state index contributed by atoms with van der Waals surface area (Å²) in [6.07, 6.45) is 2.98. The lowest BCUT2D eigenvalue weighted by molar-refractivity contribution is 0.0620. The number of aryl methyl sites for hydroxylation is 1. The molecule has 1 aliphatic heterocycles. The van der Waals surface area contributed by atoms with Crippen LogP contribution >= 0.6 is 0 Å². The van der Waals surface area contributed by atoms with Crippen molar-refractivity contribution in [3.8, 4) is 17.2 Å². The molecule has 5 rings (SSSR count). The molecule has 0 saturated carbocycles. The second-order valence-corrected chi connectivity index (χ2v) is 9.12. The van der Waals surface area contributed by atoms with Crippen molar-refractivity contribution in [2.45, 2.75) is 32.7 Å². The highest BCUT2D eigenvalue weighted by Gasteiger charge is 2.31. The molecule has 2 aromatic carbocycles. The number of fused-ring (bicyclic) bond motifs is 1. The van der Waals surface area contributed by atoms with Crippen molar-refractivity contribution in [2.24, 2.45) is 0 Å². The predicted molar refractivity (Wildman–Crippen MR) is 131 cm³/mol. The van der Waals surface area contributed by atoms with Crippen LogP contribution in [0.3, 0.4) is 0 Å². The van der Waals surface area contributed by atoms with Crippen molar-refractivity contribution in [3.63, 3.8) is 0 Å². The molecule has 2 aliphatic rings. The Labute approximate surface area is 200 Å². The molecule has 0 radical (unpaired) electrons. The lowest BCUT2D eigenvalue weighted by Crippen LogP contribution is -2.48. The summed E-state index contributed by atoms with van der Waals surface area (Å²) >= 11 is 0. The average molecular weight is 461 g/mol. The van der Waals surface area contributed by atoms with Gasteiger partial charge in [0.1, 0.15) is 11.5 Å². The molecule has 1 aliphatic carbocycles. The van der Waals surface area contributed by atoms with Crippen molar-refractivity contribution in [1.29, 1.82) is 0 Å². The van der Waals surface area contributed by atoms with Gasteiger partial charge in [-0.3, -0.25) is 9.69 Å². The Bertz CT molecular complexity index is 1180. The maximum absolute atomic E-state index is 13.5. The van der Waals surface area contributed by atoms with Crippen LogP contribution in [0.25, 0.3) is 5.69 Å². The second kappa shape index (κ2) is 9.50. The highest BCUT2D eigenvalue weighted by molar-refractivity contribution is 5.94. The van der Waals surface area contributed by atoms with E-state index >= 15 is 0 Å². The van der Waals surface area contributed by atoms with Crippen LogP contribution in [0.4, 0.5) is 0 Å². The zero-order valence-corrected chi connectivity index (χ0v) is 20.2. The molecule has 0 unspecified atom stereocenters. The zero-order chi connectivity index (χ0) is 23.7. The molecule has 1 amide bonds. The van der Waals surface area contributed by atoms with Crippen LogP contribution in [0.5, 0.6) is 11.5 Å². The number of carbonyl (C=O) groups is 1. The summed E-state index contributed by atoms with van der Waals surface area (Å²) in [7, 11) is 3.36. The molecule has 2 heterocycles. The van der Waals surface area contributed by atoms with Crippen molar-refractivity contribution in [3.05, 3.63) is 70.5 Å². The Morgan fingerprint density at radius 2 is 1.74 bits per heavy atom. The normalized spacial score (nSPS) is 15.9. The fourth-order valence-corrected chi connectivity index (χ4v) is 5.01. The van der Waals surface area contributed by atoms with Crippen LogP contribution in [-0.2, 0) is 19.4 Å². The Morgan fingerprint density at radius 1 is 0.971 bits per heavy atom. The number of hydrogen-bond donors (Lipinski definition) is 0. The summed E-state index contributed by atoms with van der Waals surface area (Å²) in [5.41, 5.74) is 6.30. The van der Waals surface area contributed by atoms with Gasteiger partial charge in [-0.05, 0) is 56.5 Å². The predicted octanol–water partition coefficient (Wildman–Crippen LogP) is 3.64. The number of rotatable bonds is 6. The van der Waals surface area contributed by atoms with Gasteiger partial charge in [0.05, 0.1) is 19.9 Å². The van der Waals surface area contributed by atoms with Gasteiger partial charge in [-0.2, -0.15) is 5.10 Å². The largest absolute Gasteiger partial charge is 0.497 e. The van der Waals surface area contributed by atoms with Gasteiger partial charge in [-0.1, -0.05) is 17.7 Å². The first-order valence-corrected chi connectivity index (χ1v) is 12.0. The summed E-state index contributed by atoms with van der Waals surface area (Å²) in [5, 5.41) is 4.82. The maximum atomic E-state index is 13.5. The van der Waals surface area contributed by atoms with Gasteiger partial charge in [0.15, 0.2) is 5.69 Å². The molecule has 34 heavy (non-hydrogen) atoms. The molecule has 0 atom stereocenters. The smallest absolute Gasteiger partial charge is 0.274 e. The minimum absolute atomic E-state index is 0.0580. The Kier molecular flexibility index (Phi) is 6.28. The summed E-state index contributed by atoms with van der Waals surface area (Å²) in [4.78, 5) is 17.8. The van der Waals surface area contributed by atoms with E-state index in [0.29, 0.717) is 18.8 Å². The van der Waals surface area contributed by atoms with Crippen LogP contribution in [0.1, 0.15) is 39.3 Å². The second-order valence-electron chi connectivity index (χ2n) is 9.12. The van der Waals surface area contributed by atoms with E-state index < -0.39 is 0 Å². The number of aromatic nitrogens is 2. The molecule has 1 fully saturated rings. The van der Waals surface area contributed by atoms with Crippen molar-refractivity contribution >= 4 is 5.91 Å². The Balaban J connectivity index is 1.29. The zero-order valence-electron chi connectivity index (χ0n) is 20.2. The van der Waals surface area contributed by atoms with Crippen molar-refractivity contribution < 1.29 is 14.3 Å². The van der Waals surface area contributed by atoms with Crippen molar-refractivity contribution in [2.75, 3.05) is 40.4 Å². The van der Waals surface area contributed by atoms with E-state index in [1.165, 1.54) is 11.3 Å². The SMILES string of the molecule is COc1ccc(OC)c(CN2CCN(C(=O)c3nn(-c4ccc(C)cc4)c4c3CCC4)CC2)c1. The molecular formula is C27H32N4O3. The molecule has 0 bridgehead atoms. The number of benzene rings is 2. The highest BCUT2D eigenvalue weighted by atomic mass is 16.5. The van der Waals surface area contributed by atoms with Crippen LogP contribution in [-0.4, -0.2) is 65.9 Å². The van der Waals surface area contributed by atoms with E-state index in [1.54, 1.807) is 14.2 Å². The van der Waals surface area contributed by atoms with Crippen molar-refractivity contribution in [1.82, 2.24) is 19.6 Å². The minimum Gasteiger partial charge on any atom is -0.497 e. The monoisotopic (exact) mass is 460 g/mol. The molecule has 1 saturated heterocycles. The summed E-state index contributed by atoms with van der Waals surface area (Å²) in [5.74, 6) is 1.74. The number of carbonyl (C=O) groups excluding carboxylic acids is 1. The fraction of sp³-hybridized carbons (Fsp3) is 0.407. The highest BCUT2D eigenvalue weighted by Crippen LogP contribution is 2.29. The quantitative estimate of drug-likeness (QED) is 0.562. The van der Waals surface area contributed by atoms with Gasteiger partial charge in [-0.15, -0.1) is 0 Å². The van der Waals surface area contributed by atoms with Gasteiger partial charge in [0, 0.05) is 49.5 Å². The van der Waals surface area contributed by atoms with E-state index in [9.17, 15) is 4.79 Å². The van der Waals surface area contributed by atoms with Crippen LogP contribution in [0, 0.1) is 6.92 Å². The van der Waals surface area contributed by atoms with Gasteiger partial charge in [0.25, 0.3) is 5.91 Å². The summed E-state index contributed by atoms with van der Waals surface area (Å²) < 4.78 is 12.9. The molecule has 3 aromatic rings. The lowest BCUT2D eigenvalue weighted by atomic mass is 10.1. The van der Waals surface area contributed by atoms with Gasteiger partial charge in [0.2, 0.25) is 0 Å². The molecule has 0 N–H and O–H groups in total. The third-order valence-electron chi connectivity index (χ3n) is 6.95. The number of hydrogen-bond acceptors (Lipinski definition) is 5. The van der Waals surface area contributed by atoms with E-state index in [1.807, 2.05) is 27.8 Å². The molecule has 1 aromatic heterocycles. The van der Waals surface area contributed by atoms with Gasteiger partial charge < -0.3 is 14.4 Å². The molecule has 178 valence electrons. The molecule has 7 nitrogen and oxygen atoms in total. The van der Waals surface area contributed by atoms with Crippen LogP contribution in [0.15, 0.2) is 42.5 Å². The first kappa shape index (κ1) is 22.5. The Morgan fingerprint density at radius 3 is 2.44 bits per heavy atom. The molecular weight excluding hydrogens is 428 g/mol. The third-order valence-corrected chi connectivity index (χ3v) is 6.95. The number of piperazine rings is 1. The number of ether oxygens (including phenoxy) is 2. The first-order valence-electron chi connectivity index (χ1n) is 12.0. The van der Waals surface area contributed by atoms with E-state index in [0.717, 1.165) is 67.2 Å². The number of methoxy groups -OCH3 is 2. The maximum Gasteiger partial charge on any atom is 0.274 e. The summed E-state index contributed by atoms with van der Waals surface area (Å²) in [6.45, 7) is 5.85. The minimum atomic E-state index is 0.0580. The Hall–Kier alpha value is -3.32. The molecule has 7 heteroatoms. The first-order chi connectivity index (χ1) is 16.6. The van der Waals surface area contributed by atoms with Crippen LogP contribution < -0.4 is 9.47 Å². The van der Waals surface area contributed by atoms with E-state index in [-0.39, 0.29) is 5.91 Å². The average Bonchev–Trinajstić information content (AvgIpc) is 3.48. The number of nitrogens with zero attached hydrogens (tertiary/aromatic N) is 4. The van der Waals surface area contributed by atoms with E-state index in [4.69, 9.17) is 14.6 Å². The third kappa shape index (κ3) is 4.28. The van der Waals surface area contributed by atoms with Gasteiger partial charge >= 0.3 is 0 Å². The fourth-order valence-electron chi connectivity index (χ4n) is 5.01. The van der Waals surface area contributed by atoms with E-state index in [2.05, 4.69) is 36.1 Å². The summed E-state index contributed by atoms with van der Waals surface area (Å²) in [6, 6.07) is 14.2. The van der Waals surface area contributed by atoms with Gasteiger partial charge in [-0.25, -0.2) is 4.68 Å². The van der Waals surface area contributed by atoms with Crippen LogP contribution in [0.2, 0.25) is 0 Å².